The van der Waals surface area contributed by atoms with E-state index in [0.29, 0.717) is 23.7 Å². The molecule has 0 amide bonds. The van der Waals surface area contributed by atoms with Gasteiger partial charge in [-0.25, -0.2) is 0 Å². The van der Waals surface area contributed by atoms with E-state index in [1.165, 1.54) is 35.1 Å². The van der Waals surface area contributed by atoms with Crippen molar-refractivity contribution >= 4 is 0 Å². The molecule has 2 aromatic carbocycles. The first-order valence-electron chi connectivity index (χ1n) is 13.1. The van der Waals surface area contributed by atoms with Crippen molar-refractivity contribution in [2.45, 2.75) is 120 Å². The van der Waals surface area contributed by atoms with E-state index in [2.05, 4.69) is 83.1 Å². The van der Waals surface area contributed by atoms with Gasteiger partial charge in [0.1, 0.15) is 0 Å². The van der Waals surface area contributed by atoms with Crippen LogP contribution < -0.4 is 0 Å². The van der Waals surface area contributed by atoms with E-state index in [1.54, 1.807) is 44.5 Å². The van der Waals surface area contributed by atoms with Gasteiger partial charge in [-0.05, 0) is 171 Å². The van der Waals surface area contributed by atoms with Crippen LogP contribution in [0.25, 0.3) is 0 Å². The fraction of sp³-hybridized carbons (Fsp3) is 0.625. The highest BCUT2D eigenvalue weighted by Gasteiger charge is 2.42. The summed E-state index contributed by atoms with van der Waals surface area (Å²) in [5.41, 5.74) is 19.2. The molecule has 32 heavy (non-hydrogen) atoms. The molecule has 0 aromatic heterocycles. The number of rotatable bonds is 3. The minimum atomic E-state index is 0.675. The molecule has 174 valence electrons. The van der Waals surface area contributed by atoms with Crippen molar-refractivity contribution < 1.29 is 0 Å². The summed E-state index contributed by atoms with van der Waals surface area (Å²) >= 11 is 0. The van der Waals surface area contributed by atoms with Crippen LogP contribution in [0.3, 0.4) is 0 Å². The highest BCUT2D eigenvalue weighted by molar-refractivity contribution is 5.57. The fourth-order valence-corrected chi connectivity index (χ4v) is 7.79. The summed E-state index contributed by atoms with van der Waals surface area (Å²) in [5.74, 6) is 4.23. The molecule has 0 saturated carbocycles. The Morgan fingerprint density at radius 2 is 0.625 bits per heavy atom. The summed E-state index contributed by atoms with van der Waals surface area (Å²) in [5, 5.41) is 0. The van der Waals surface area contributed by atoms with Gasteiger partial charge in [-0.2, -0.15) is 0 Å². The van der Waals surface area contributed by atoms with Gasteiger partial charge in [-0.15, -0.1) is 0 Å². The first-order chi connectivity index (χ1) is 14.9. The molecule has 0 heteroatoms. The monoisotopic (exact) mass is 430 g/mol. The molecule has 0 aliphatic heterocycles. The summed E-state index contributed by atoms with van der Waals surface area (Å²) in [6, 6.07) is 0. The van der Waals surface area contributed by atoms with Crippen molar-refractivity contribution in [2.75, 3.05) is 0 Å². The summed E-state index contributed by atoms with van der Waals surface area (Å²) in [4.78, 5) is 0. The van der Waals surface area contributed by atoms with Crippen LogP contribution in [0.5, 0.6) is 0 Å². The van der Waals surface area contributed by atoms with Gasteiger partial charge in [0.25, 0.3) is 0 Å². The number of fused-ring (bicyclic) bond motifs is 2. The third-order valence-corrected chi connectivity index (χ3v) is 10.9. The SMILES string of the molecule is Cc1c(C)c(C)c2c(c1C)C(C)C(C)C2CCC1c2c(C)c(C)c(C)c(C)c2[C@@H](C)C1C. The molecule has 0 saturated heterocycles. The van der Waals surface area contributed by atoms with Gasteiger partial charge < -0.3 is 0 Å². The smallest absolute Gasteiger partial charge is 0.0125 e. The average Bonchev–Trinajstić information content (AvgIpc) is 3.16. The first-order valence-corrected chi connectivity index (χ1v) is 13.1. The fourth-order valence-electron chi connectivity index (χ4n) is 7.79. The van der Waals surface area contributed by atoms with Gasteiger partial charge in [0.2, 0.25) is 0 Å². The zero-order valence-electron chi connectivity index (χ0n) is 22.9. The Hall–Kier alpha value is -1.56. The van der Waals surface area contributed by atoms with Gasteiger partial charge in [0, 0.05) is 0 Å². The van der Waals surface area contributed by atoms with Crippen LogP contribution in [0.4, 0.5) is 0 Å². The second-order valence-corrected chi connectivity index (χ2v) is 11.7. The highest BCUT2D eigenvalue weighted by Crippen LogP contribution is 2.56. The number of hydrogen-bond donors (Lipinski definition) is 0. The van der Waals surface area contributed by atoms with E-state index in [-0.39, 0.29) is 0 Å². The third kappa shape index (κ3) is 3.08. The van der Waals surface area contributed by atoms with Crippen molar-refractivity contribution in [3.63, 3.8) is 0 Å². The maximum atomic E-state index is 2.52. The van der Waals surface area contributed by atoms with Crippen molar-refractivity contribution in [2.24, 2.45) is 11.8 Å². The van der Waals surface area contributed by atoms with Gasteiger partial charge in [-0.3, -0.25) is 0 Å². The Balaban J connectivity index is 1.73. The largest absolute Gasteiger partial charge is 0.0613 e. The molecule has 2 aliphatic carbocycles. The zero-order chi connectivity index (χ0) is 23.8. The summed E-state index contributed by atoms with van der Waals surface area (Å²) in [6.07, 6.45) is 2.65. The van der Waals surface area contributed by atoms with E-state index in [4.69, 9.17) is 0 Å². The summed E-state index contributed by atoms with van der Waals surface area (Å²) < 4.78 is 0. The molecule has 2 aliphatic rings. The maximum absolute atomic E-state index is 2.52. The van der Waals surface area contributed by atoms with E-state index >= 15 is 0 Å². The Morgan fingerprint density at radius 1 is 0.375 bits per heavy atom. The minimum Gasteiger partial charge on any atom is -0.0613 e. The Kier molecular flexibility index (Phi) is 5.92. The molecule has 0 spiro atoms. The van der Waals surface area contributed by atoms with Crippen molar-refractivity contribution in [1.29, 1.82) is 0 Å². The normalized spacial score (nSPS) is 28.9. The second kappa shape index (κ2) is 8.03. The maximum Gasteiger partial charge on any atom is -0.0125 e. The Labute approximate surface area is 198 Å². The standard InChI is InChI=1S/C32H46/c1-15-17(3)23(9)31-27(19(5)25(11)29(31)21(15)7)13-14-28-20(6)26(12)30-22(8)16(2)18(4)24(10)32(28)30/h19-20,25-28H,13-14H2,1-12H3/t19?,20?,25-,26?,27?,28?/m0/s1. The lowest BCUT2D eigenvalue weighted by Gasteiger charge is -2.26. The van der Waals surface area contributed by atoms with Crippen LogP contribution >= 0.6 is 0 Å². The van der Waals surface area contributed by atoms with Crippen LogP contribution in [-0.2, 0) is 0 Å². The van der Waals surface area contributed by atoms with E-state index in [1.807, 2.05) is 0 Å². The van der Waals surface area contributed by atoms with Gasteiger partial charge >= 0.3 is 0 Å². The molecule has 0 heterocycles. The predicted octanol–water partition coefficient (Wildman–Crippen LogP) is 9.31. The molecular weight excluding hydrogens is 384 g/mol. The van der Waals surface area contributed by atoms with Gasteiger partial charge in [-0.1, -0.05) is 27.7 Å². The molecule has 4 rings (SSSR count). The van der Waals surface area contributed by atoms with E-state index in [9.17, 15) is 0 Å². The highest BCUT2D eigenvalue weighted by atomic mass is 14.5. The Bertz CT molecular complexity index is 995. The second-order valence-electron chi connectivity index (χ2n) is 11.7. The van der Waals surface area contributed by atoms with Crippen LogP contribution in [0, 0.1) is 67.2 Å². The quantitative estimate of drug-likeness (QED) is 0.455. The molecule has 0 fully saturated rings. The van der Waals surface area contributed by atoms with Crippen LogP contribution in [-0.4, -0.2) is 0 Å². The van der Waals surface area contributed by atoms with Crippen LogP contribution in [0.15, 0.2) is 0 Å². The molecular formula is C32H46. The average molecular weight is 431 g/mol. The van der Waals surface area contributed by atoms with Crippen molar-refractivity contribution in [3.05, 3.63) is 66.8 Å². The topological polar surface area (TPSA) is 0 Å². The molecule has 0 N–H and O–H groups in total. The summed E-state index contributed by atoms with van der Waals surface area (Å²) in [6.45, 7) is 28.9. The molecule has 0 nitrogen and oxygen atoms in total. The lowest BCUT2D eigenvalue weighted by Crippen LogP contribution is -2.12. The van der Waals surface area contributed by atoms with Crippen LogP contribution in [0.1, 0.15) is 131 Å². The predicted molar refractivity (Wildman–Crippen MR) is 141 cm³/mol. The first kappa shape index (κ1) is 23.6. The van der Waals surface area contributed by atoms with E-state index in [0.717, 1.165) is 11.8 Å². The van der Waals surface area contributed by atoms with Crippen molar-refractivity contribution in [3.8, 4) is 0 Å². The lowest BCUT2D eigenvalue weighted by atomic mass is 9.78. The Morgan fingerprint density at radius 3 is 0.906 bits per heavy atom. The zero-order valence-corrected chi connectivity index (χ0v) is 22.9. The minimum absolute atomic E-state index is 0.675. The van der Waals surface area contributed by atoms with Crippen molar-refractivity contribution in [1.82, 2.24) is 0 Å². The van der Waals surface area contributed by atoms with Gasteiger partial charge in [0.05, 0.1) is 0 Å². The number of benzene rings is 2. The summed E-state index contributed by atoms with van der Waals surface area (Å²) in [7, 11) is 0. The molecule has 2 aromatic rings. The lowest BCUT2D eigenvalue weighted by molar-refractivity contribution is 0.360. The molecule has 0 bridgehead atoms. The molecule has 0 radical (unpaired) electrons. The van der Waals surface area contributed by atoms with E-state index < -0.39 is 0 Å². The van der Waals surface area contributed by atoms with Crippen LogP contribution in [0.2, 0.25) is 0 Å². The third-order valence-electron chi connectivity index (χ3n) is 10.9. The number of hydrogen-bond acceptors (Lipinski definition) is 0. The molecule has 6 atom stereocenters. The van der Waals surface area contributed by atoms with Gasteiger partial charge in [0.15, 0.2) is 0 Å². The molecule has 5 unspecified atom stereocenters.